The maximum atomic E-state index is 13.0. The molecule has 31 heavy (non-hydrogen) atoms. The van der Waals surface area contributed by atoms with E-state index >= 15 is 0 Å². The number of rotatable bonds is 6. The summed E-state index contributed by atoms with van der Waals surface area (Å²) in [6.07, 6.45) is 5.93. The maximum Gasteiger partial charge on any atom is 0.295 e. The summed E-state index contributed by atoms with van der Waals surface area (Å²) in [6.45, 7) is 3.00. The van der Waals surface area contributed by atoms with E-state index < -0.39 is 17.7 Å². The van der Waals surface area contributed by atoms with Crippen LogP contribution in [0.1, 0.15) is 29.2 Å². The van der Waals surface area contributed by atoms with Crippen molar-refractivity contribution in [3.63, 3.8) is 0 Å². The van der Waals surface area contributed by atoms with Crippen molar-refractivity contribution in [2.45, 2.75) is 25.9 Å². The number of ketones is 1. The summed E-state index contributed by atoms with van der Waals surface area (Å²) in [6, 6.07) is 14.1. The normalized spacial score (nSPS) is 18.0. The fraction of sp³-hybridized carbons (Fsp3) is 0.208. The molecule has 0 saturated carbocycles. The SMILES string of the molecule is Cc1ccc(/C(O)=C2\C(=O)C(=O)N(CCCn3ccnc3)[C@@H]2c2cccc(Br)c2)cc1. The quantitative estimate of drug-likeness (QED) is 0.321. The van der Waals surface area contributed by atoms with E-state index in [0.717, 1.165) is 15.6 Å². The smallest absolute Gasteiger partial charge is 0.295 e. The second-order valence-electron chi connectivity index (χ2n) is 7.57. The molecule has 158 valence electrons. The van der Waals surface area contributed by atoms with Gasteiger partial charge in [-0.3, -0.25) is 9.59 Å². The lowest BCUT2D eigenvalue weighted by molar-refractivity contribution is -0.139. The topological polar surface area (TPSA) is 75.4 Å². The number of halogens is 1. The molecular formula is C24H22BrN3O3. The van der Waals surface area contributed by atoms with Crippen molar-refractivity contribution in [2.75, 3.05) is 6.54 Å². The summed E-state index contributed by atoms with van der Waals surface area (Å²) in [4.78, 5) is 31.6. The first-order valence-corrected chi connectivity index (χ1v) is 10.8. The van der Waals surface area contributed by atoms with E-state index in [1.165, 1.54) is 0 Å². The average Bonchev–Trinajstić information content (AvgIpc) is 3.36. The van der Waals surface area contributed by atoms with Gasteiger partial charge in [-0.15, -0.1) is 0 Å². The Balaban J connectivity index is 1.73. The van der Waals surface area contributed by atoms with Gasteiger partial charge in [-0.25, -0.2) is 4.98 Å². The molecule has 1 N–H and O–H groups in total. The minimum Gasteiger partial charge on any atom is -0.507 e. The van der Waals surface area contributed by atoms with E-state index in [1.54, 1.807) is 29.6 Å². The molecule has 1 aliphatic rings. The molecule has 3 aromatic rings. The van der Waals surface area contributed by atoms with Crippen LogP contribution < -0.4 is 0 Å². The molecule has 1 aliphatic heterocycles. The molecule has 2 aromatic carbocycles. The van der Waals surface area contributed by atoms with Crippen molar-refractivity contribution < 1.29 is 14.7 Å². The summed E-state index contributed by atoms with van der Waals surface area (Å²) < 4.78 is 2.76. The molecule has 1 saturated heterocycles. The van der Waals surface area contributed by atoms with Gasteiger partial charge in [-0.05, 0) is 31.0 Å². The fourth-order valence-corrected chi connectivity index (χ4v) is 4.26. The van der Waals surface area contributed by atoms with Crippen LogP contribution in [0.4, 0.5) is 0 Å². The monoisotopic (exact) mass is 479 g/mol. The number of Topliss-reactive ketones (excluding diaryl/α,β-unsaturated/α-hetero) is 1. The zero-order valence-corrected chi connectivity index (χ0v) is 18.6. The molecule has 1 aromatic heterocycles. The van der Waals surface area contributed by atoms with Crippen LogP contribution >= 0.6 is 15.9 Å². The lowest BCUT2D eigenvalue weighted by Gasteiger charge is -2.25. The number of aromatic nitrogens is 2. The van der Waals surface area contributed by atoms with Crippen molar-refractivity contribution in [1.82, 2.24) is 14.5 Å². The van der Waals surface area contributed by atoms with Gasteiger partial charge in [0.1, 0.15) is 5.76 Å². The summed E-state index contributed by atoms with van der Waals surface area (Å²) in [5, 5.41) is 11.0. The minimum atomic E-state index is -0.661. The van der Waals surface area contributed by atoms with Crippen LogP contribution in [0.15, 0.2) is 77.3 Å². The number of benzene rings is 2. The highest BCUT2D eigenvalue weighted by Gasteiger charge is 2.45. The fourth-order valence-electron chi connectivity index (χ4n) is 3.84. The van der Waals surface area contributed by atoms with Crippen molar-refractivity contribution >= 4 is 33.4 Å². The molecule has 6 nitrogen and oxygen atoms in total. The molecule has 0 spiro atoms. The molecule has 7 heteroatoms. The zero-order chi connectivity index (χ0) is 22.0. The average molecular weight is 480 g/mol. The second-order valence-corrected chi connectivity index (χ2v) is 8.48. The van der Waals surface area contributed by atoms with Crippen molar-refractivity contribution in [2.24, 2.45) is 0 Å². The van der Waals surface area contributed by atoms with Gasteiger partial charge in [0.15, 0.2) is 0 Å². The standard InChI is InChI=1S/C24H22BrN3O3/c1-16-6-8-17(9-7-16)22(29)20-21(18-4-2-5-19(25)14-18)28(24(31)23(20)30)12-3-11-27-13-10-26-15-27/h2,4-10,13-15,21,29H,3,11-12H2,1H3/b22-20+/t21-/m1/s1. The van der Waals surface area contributed by atoms with Crippen molar-refractivity contribution in [3.05, 3.63) is 94.0 Å². The number of likely N-dealkylation sites (tertiary alicyclic amines) is 1. The van der Waals surface area contributed by atoms with E-state index in [-0.39, 0.29) is 11.3 Å². The number of amides is 1. The number of aliphatic hydroxyl groups is 1. The Morgan fingerprint density at radius 1 is 1.13 bits per heavy atom. The molecule has 1 atom stereocenters. The Morgan fingerprint density at radius 2 is 1.90 bits per heavy atom. The number of aliphatic hydroxyl groups excluding tert-OH is 1. The molecule has 4 rings (SSSR count). The van der Waals surface area contributed by atoms with Crippen LogP contribution in [0, 0.1) is 6.92 Å². The van der Waals surface area contributed by atoms with Crippen LogP contribution in [-0.4, -0.2) is 37.8 Å². The third-order valence-corrected chi connectivity index (χ3v) is 5.90. The van der Waals surface area contributed by atoms with Gasteiger partial charge in [0, 0.05) is 35.5 Å². The highest BCUT2D eigenvalue weighted by atomic mass is 79.9. The minimum absolute atomic E-state index is 0.120. The Hall–Kier alpha value is -3.19. The Bertz CT molecular complexity index is 1140. The van der Waals surface area contributed by atoms with Gasteiger partial charge >= 0.3 is 0 Å². The highest BCUT2D eigenvalue weighted by Crippen LogP contribution is 2.40. The van der Waals surface area contributed by atoms with Crippen LogP contribution in [0.3, 0.4) is 0 Å². The first-order chi connectivity index (χ1) is 15.0. The van der Waals surface area contributed by atoms with Gasteiger partial charge in [-0.2, -0.15) is 0 Å². The summed E-state index contributed by atoms with van der Waals surface area (Å²) in [7, 11) is 0. The molecule has 2 heterocycles. The Labute approximate surface area is 189 Å². The summed E-state index contributed by atoms with van der Waals surface area (Å²) in [5.74, 6) is -1.41. The number of carbonyl (C=O) groups is 2. The number of hydrogen-bond donors (Lipinski definition) is 1. The highest BCUT2D eigenvalue weighted by molar-refractivity contribution is 9.10. The largest absolute Gasteiger partial charge is 0.507 e. The molecule has 0 bridgehead atoms. The van der Waals surface area contributed by atoms with Crippen LogP contribution in [-0.2, 0) is 16.1 Å². The van der Waals surface area contributed by atoms with E-state index in [1.807, 2.05) is 54.1 Å². The number of hydrogen-bond acceptors (Lipinski definition) is 4. The Kier molecular flexibility index (Phi) is 6.04. The number of carbonyl (C=O) groups excluding carboxylic acids is 2. The maximum absolute atomic E-state index is 13.0. The first-order valence-electron chi connectivity index (χ1n) is 10.0. The lowest BCUT2D eigenvalue weighted by atomic mass is 9.95. The van der Waals surface area contributed by atoms with Crippen LogP contribution in [0.25, 0.3) is 5.76 Å². The first kappa shape index (κ1) is 21.1. The van der Waals surface area contributed by atoms with Gasteiger partial charge in [0.25, 0.3) is 11.7 Å². The van der Waals surface area contributed by atoms with Crippen molar-refractivity contribution in [1.29, 1.82) is 0 Å². The predicted molar refractivity (Wildman–Crippen MR) is 121 cm³/mol. The molecular weight excluding hydrogens is 458 g/mol. The van der Waals surface area contributed by atoms with Crippen molar-refractivity contribution in [3.8, 4) is 0 Å². The molecule has 0 unspecified atom stereocenters. The third kappa shape index (κ3) is 4.32. The third-order valence-electron chi connectivity index (χ3n) is 5.40. The summed E-state index contributed by atoms with van der Waals surface area (Å²) in [5.41, 5.74) is 2.45. The predicted octanol–water partition coefficient (Wildman–Crippen LogP) is 4.47. The Morgan fingerprint density at radius 3 is 2.58 bits per heavy atom. The van der Waals surface area contributed by atoms with Crippen LogP contribution in [0.2, 0.25) is 0 Å². The van der Waals surface area contributed by atoms with E-state index in [2.05, 4.69) is 20.9 Å². The van der Waals surface area contributed by atoms with Gasteiger partial charge in [0.05, 0.1) is 17.9 Å². The number of nitrogens with zero attached hydrogens (tertiary/aromatic N) is 3. The lowest BCUT2D eigenvalue weighted by Crippen LogP contribution is -2.31. The number of aryl methyl sites for hydroxylation is 2. The van der Waals surface area contributed by atoms with Gasteiger partial charge in [0.2, 0.25) is 0 Å². The summed E-state index contributed by atoms with van der Waals surface area (Å²) >= 11 is 3.47. The second kappa shape index (κ2) is 8.89. The van der Waals surface area contributed by atoms with Crippen LogP contribution in [0.5, 0.6) is 0 Å². The van der Waals surface area contributed by atoms with E-state index in [0.29, 0.717) is 25.1 Å². The van der Waals surface area contributed by atoms with E-state index in [4.69, 9.17) is 0 Å². The zero-order valence-electron chi connectivity index (χ0n) is 17.0. The van der Waals surface area contributed by atoms with Gasteiger partial charge in [-0.1, -0.05) is 57.9 Å². The number of imidazole rings is 1. The molecule has 0 aliphatic carbocycles. The molecule has 1 fully saturated rings. The molecule has 1 amide bonds. The molecule has 0 radical (unpaired) electrons. The van der Waals surface area contributed by atoms with E-state index in [9.17, 15) is 14.7 Å². The van der Waals surface area contributed by atoms with Gasteiger partial charge < -0.3 is 14.6 Å².